The second-order valence-corrected chi connectivity index (χ2v) is 5.97. The summed E-state index contributed by atoms with van der Waals surface area (Å²) in [5.74, 6) is 0.910. The molecule has 22 heavy (non-hydrogen) atoms. The Bertz CT molecular complexity index is 605. The number of nitrogens with zero attached hydrogens (tertiary/aromatic N) is 4. The van der Waals surface area contributed by atoms with E-state index in [4.69, 9.17) is 0 Å². The topological polar surface area (TPSA) is 54.2 Å². The number of aliphatic hydroxyl groups is 1. The zero-order valence-electron chi connectivity index (χ0n) is 12.7. The SMILES string of the molecule is Cn1cnnc1CN1CCC(C(O)c2ccc(F)cc2)CC1. The molecule has 0 radical (unpaired) electrons. The zero-order chi connectivity index (χ0) is 15.5. The summed E-state index contributed by atoms with van der Waals surface area (Å²) in [6.07, 6.45) is 3.05. The molecule has 0 bridgehead atoms. The Labute approximate surface area is 129 Å². The molecule has 118 valence electrons. The molecule has 1 aliphatic heterocycles. The molecule has 1 N–H and O–H groups in total. The van der Waals surface area contributed by atoms with Crippen LogP contribution in [0.15, 0.2) is 30.6 Å². The van der Waals surface area contributed by atoms with Gasteiger partial charge in [0.1, 0.15) is 18.0 Å². The highest BCUT2D eigenvalue weighted by molar-refractivity contribution is 5.19. The van der Waals surface area contributed by atoms with Gasteiger partial charge in [-0.2, -0.15) is 0 Å². The molecule has 1 unspecified atom stereocenters. The number of rotatable bonds is 4. The van der Waals surface area contributed by atoms with E-state index < -0.39 is 6.10 Å². The fourth-order valence-corrected chi connectivity index (χ4v) is 3.01. The Morgan fingerprint density at radius 2 is 1.95 bits per heavy atom. The van der Waals surface area contributed by atoms with E-state index in [2.05, 4.69) is 15.1 Å². The first kappa shape index (κ1) is 15.1. The molecule has 1 atom stereocenters. The molecule has 5 nitrogen and oxygen atoms in total. The van der Waals surface area contributed by atoms with E-state index in [1.54, 1.807) is 18.5 Å². The molecule has 6 heteroatoms. The summed E-state index contributed by atoms with van der Waals surface area (Å²) in [6.45, 7) is 2.64. The molecule has 0 saturated carbocycles. The maximum Gasteiger partial charge on any atom is 0.146 e. The summed E-state index contributed by atoms with van der Waals surface area (Å²) in [5.41, 5.74) is 0.799. The van der Waals surface area contributed by atoms with Crippen LogP contribution < -0.4 is 0 Å². The summed E-state index contributed by atoms with van der Waals surface area (Å²) < 4.78 is 14.9. The van der Waals surface area contributed by atoms with Crippen molar-refractivity contribution in [3.63, 3.8) is 0 Å². The predicted octanol–water partition coefficient (Wildman–Crippen LogP) is 1.90. The van der Waals surface area contributed by atoms with Crippen molar-refractivity contribution in [3.05, 3.63) is 47.8 Å². The summed E-state index contributed by atoms with van der Waals surface area (Å²) in [5, 5.41) is 18.5. The van der Waals surface area contributed by atoms with Crippen molar-refractivity contribution in [2.75, 3.05) is 13.1 Å². The van der Waals surface area contributed by atoms with Crippen LogP contribution in [-0.2, 0) is 13.6 Å². The monoisotopic (exact) mass is 304 g/mol. The molecule has 2 aromatic rings. The second kappa shape index (κ2) is 6.54. The van der Waals surface area contributed by atoms with E-state index in [1.807, 2.05) is 11.6 Å². The van der Waals surface area contributed by atoms with Gasteiger partial charge in [-0.15, -0.1) is 10.2 Å². The van der Waals surface area contributed by atoms with Gasteiger partial charge in [0.15, 0.2) is 0 Å². The quantitative estimate of drug-likeness (QED) is 0.937. The highest BCUT2D eigenvalue weighted by atomic mass is 19.1. The average molecular weight is 304 g/mol. The summed E-state index contributed by atoms with van der Waals surface area (Å²) in [7, 11) is 1.94. The van der Waals surface area contributed by atoms with Gasteiger partial charge < -0.3 is 9.67 Å². The predicted molar refractivity (Wildman–Crippen MR) is 80.4 cm³/mol. The standard InChI is InChI=1S/C16H21FN4O/c1-20-11-18-19-15(20)10-21-8-6-13(7-9-21)16(22)12-2-4-14(17)5-3-12/h2-5,11,13,16,22H,6-10H2,1H3. The number of aliphatic hydroxyl groups excluding tert-OH is 1. The Hall–Kier alpha value is -1.79. The van der Waals surface area contributed by atoms with Crippen molar-refractivity contribution in [2.24, 2.45) is 13.0 Å². The van der Waals surface area contributed by atoms with Crippen molar-refractivity contribution in [3.8, 4) is 0 Å². The van der Waals surface area contributed by atoms with Gasteiger partial charge in [-0.3, -0.25) is 4.90 Å². The lowest BCUT2D eigenvalue weighted by Crippen LogP contribution is -2.35. The molecule has 1 aromatic heterocycles. The molecular weight excluding hydrogens is 283 g/mol. The van der Waals surface area contributed by atoms with Crippen LogP contribution >= 0.6 is 0 Å². The highest BCUT2D eigenvalue weighted by Gasteiger charge is 2.26. The smallest absolute Gasteiger partial charge is 0.146 e. The van der Waals surface area contributed by atoms with E-state index in [0.29, 0.717) is 0 Å². The van der Waals surface area contributed by atoms with Crippen LogP contribution in [0, 0.1) is 11.7 Å². The molecule has 3 rings (SSSR count). The van der Waals surface area contributed by atoms with Gasteiger partial charge in [-0.25, -0.2) is 4.39 Å². The van der Waals surface area contributed by atoms with Crippen LogP contribution in [0.2, 0.25) is 0 Å². The number of aromatic nitrogens is 3. The number of benzene rings is 1. The third-order valence-electron chi connectivity index (χ3n) is 4.46. The molecule has 0 aliphatic carbocycles. The Morgan fingerprint density at radius 3 is 2.55 bits per heavy atom. The molecule has 0 amide bonds. The molecule has 0 spiro atoms. The number of likely N-dealkylation sites (tertiary alicyclic amines) is 1. The van der Waals surface area contributed by atoms with Crippen molar-refractivity contribution < 1.29 is 9.50 Å². The fraction of sp³-hybridized carbons (Fsp3) is 0.500. The van der Waals surface area contributed by atoms with Gasteiger partial charge in [0.05, 0.1) is 12.6 Å². The van der Waals surface area contributed by atoms with Crippen LogP contribution in [-0.4, -0.2) is 37.9 Å². The summed E-state index contributed by atoms with van der Waals surface area (Å²) in [4.78, 5) is 2.33. The van der Waals surface area contributed by atoms with E-state index in [9.17, 15) is 9.50 Å². The fourth-order valence-electron chi connectivity index (χ4n) is 3.01. The Balaban J connectivity index is 1.55. The van der Waals surface area contributed by atoms with E-state index >= 15 is 0 Å². The van der Waals surface area contributed by atoms with Gasteiger partial charge in [0.2, 0.25) is 0 Å². The van der Waals surface area contributed by atoms with Crippen LogP contribution in [0.25, 0.3) is 0 Å². The summed E-state index contributed by atoms with van der Waals surface area (Å²) in [6, 6.07) is 6.15. The number of hydrogen-bond donors (Lipinski definition) is 1. The lowest BCUT2D eigenvalue weighted by atomic mass is 9.87. The average Bonchev–Trinajstić information content (AvgIpc) is 2.93. The largest absolute Gasteiger partial charge is 0.388 e. The minimum absolute atomic E-state index is 0.223. The second-order valence-electron chi connectivity index (χ2n) is 5.97. The molecule has 1 aromatic carbocycles. The molecular formula is C16H21FN4O. The highest BCUT2D eigenvalue weighted by Crippen LogP contribution is 2.31. The Morgan fingerprint density at radius 1 is 1.27 bits per heavy atom. The first-order valence-electron chi connectivity index (χ1n) is 7.62. The Kier molecular flexibility index (Phi) is 4.49. The normalized spacial score (nSPS) is 18.5. The van der Waals surface area contributed by atoms with Crippen LogP contribution in [0.4, 0.5) is 4.39 Å². The third kappa shape index (κ3) is 3.34. The van der Waals surface area contributed by atoms with Crippen molar-refractivity contribution in [2.45, 2.75) is 25.5 Å². The van der Waals surface area contributed by atoms with Gasteiger partial charge in [-0.05, 0) is 49.5 Å². The number of piperidine rings is 1. The van der Waals surface area contributed by atoms with Gasteiger partial charge in [0.25, 0.3) is 0 Å². The van der Waals surface area contributed by atoms with Crippen LogP contribution in [0.5, 0.6) is 0 Å². The molecule has 2 heterocycles. The first-order valence-corrected chi connectivity index (χ1v) is 7.62. The maximum absolute atomic E-state index is 13.0. The summed E-state index contributed by atoms with van der Waals surface area (Å²) >= 11 is 0. The minimum atomic E-state index is -0.516. The molecule has 1 fully saturated rings. The number of aryl methyl sites for hydroxylation is 1. The van der Waals surface area contributed by atoms with Gasteiger partial charge >= 0.3 is 0 Å². The lowest BCUT2D eigenvalue weighted by molar-refractivity contribution is 0.0557. The van der Waals surface area contributed by atoms with Crippen LogP contribution in [0.3, 0.4) is 0 Å². The van der Waals surface area contributed by atoms with Crippen molar-refractivity contribution >= 4 is 0 Å². The van der Waals surface area contributed by atoms with E-state index in [1.165, 1.54) is 12.1 Å². The van der Waals surface area contributed by atoms with Crippen molar-refractivity contribution in [1.82, 2.24) is 19.7 Å². The maximum atomic E-state index is 13.0. The van der Waals surface area contributed by atoms with Crippen molar-refractivity contribution in [1.29, 1.82) is 0 Å². The molecule has 1 saturated heterocycles. The van der Waals surface area contributed by atoms with Gasteiger partial charge in [-0.1, -0.05) is 12.1 Å². The third-order valence-corrected chi connectivity index (χ3v) is 4.46. The van der Waals surface area contributed by atoms with E-state index in [-0.39, 0.29) is 11.7 Å². The number of hydrogen-bond acceptors (Lipinski definition) is 4. The lowest BCUT2D eigenvalue weighted by Gasteiger charge is -2.34. The van der Waals surface area contributed by atoms with E-state index in [0.717, 1.165) is 43.9 Å². The van der Waals surface area contributed by atoms with Gasteiger partial charge in [0, 0.05) is 7.05 Å². The zero-order valence-corrected chi connectivity index (χ0v) is 12.7. The minimum Gasteiger partial charge on any atom is -0.388 e. The van der Waals surface area contributed by atoms with Crippen LogP contribution in [0.1, 0.15) is 30.3 Å². The number of halogens is 1. The molecule has 1 aliphatic rings. The first-order chi connectivity index (χ1) is 10.6.